The minimum Gasteiger partial charge on any atom is -0.496 e. The second kappa shape index (κ2) is 9.53. The highest BCUT2D eigenvalue weighted by Crippen LogP contribution is 2.27. The fourth-order valence-electron chi connectivity index (χ4n) is 3.51. The van der Waals surface area contributed by atoms with Crippen LogP contribution in [0, 0.1) is 0 Å². The van der Waals surface area contributed by atoms with Gasteiger partial charge in [0.25, 0.3) is 0 Å². The van der Waals surface area contributed by atoms with E-state index >= 15 is 0 Å². The monoisotopic (exact) mass is 418 g/mol. The third-order valence-electron chi connectivity index (χ3n) is 5.21. The predicted octanol–water partition coefficient (Wildman–Crippen LogP) is 3.76. The van der Waals surface area contributed by atoms with Crippen molar-refractivity contribution in [2.24, 2.45) is 0 Å². The predicted molar refractivity (Wildman–Crippen MR) is 120 cm³/mol. The molecule has 31 heavy (non-hydrogen) atoms. The molecule has 1 aromatic carbocycles. The number of nitrogens with zero attached hydrogens (tertiary/aromatic N) is 5. The molecule has 8 nitrogen and oxygen atoms in total. The zero-order valence-corrected chi connectivity index (χ0v) is 17.9. The number of methoxy groups -OCH3 is 2. The van der Waals surface area contributed by atoms with Crippen molar-refractivity contribution in [3.8, 4) is 17.0 Å². The van der Waals surface area contributed by atoms with E-state index in [0.717, 1.165) is 46.0 Å². The van der Waals surface area contributed by atoms with Crippen LogP contribution in [0.5, 0.6) is 5.75 Å². The van der Waals surface area contributed by atoms with E-state index in [2.05, 4.69) is 38.4 Å². The van der Waals surface area contributed by atoms with Crippen LogP contribution < -0.4 is 10.1 Å². The molecule has 4 rings (SSSR count). The standard InChI is InChI=1S/C23H26N6O2/c1-16(19-6-4-5-7-21(19)31-3)12-24-22-11-20(26-15-27-22)17-10-18-14-28-29(8-9-30-2)23(18)25-13-17/h4-7,10-11,13-16H,8-9,12H2,1-3H3,(H,24,26,27)/t16-/m1/s1. The first-order valence-corrected chi connectivity index (χ1v) is 10.2. The summed E-state index contributed by atoms with van der Waals surface area (Å²) in [5.74, 6) is 1.92. The summed E-state index contributed by atoms with van der Waals surface area (Å²) in [5.41, 5.74) is 3.72. The summed E-state index contributed by atoms with van der Waals surface area (Å²) >= 11 is 0. The average Bonchev–Trinajstić information content (AvgIpc) is 3.23. The van der Waals surface area contributed by atoms with Crippen molar-refractivity contribution in [2.75, 3.05) is 32.7 Å². The zero-order chi connectivity index (χ0) is 21.6. The van der Waals surface area contributed by atoms with Crippen LogP contribution in [0.3, 0.4) is 0 Å². The van der Waals surface area contributed by atoms with Crippen molar-refractivity contribution in [3.63, 3.8) is 0 Å². The molecule has 0 saturated carbocycles. The van der Waals surface area contributed by atoms with Crippen LogP contribution >= 0.6 is 0 Å². The fourth-order valence-corrected chi connectivity index (χ4v) is 3.51. The number of fused-ring (bicyclic) bond motifs is 1. The molecule has 3 heterocycles. The van der Waals surface area contributed by atoms with E-state index in [1.807, 2.05) is 47.4 Å². The van der Waals surface area contributed by atoms with Gasteiger partial charge in [-0.15, -0.1) is 0 Å². The quantitative estimate of drug-likeness (QED) is 0.443. The molecule has 0 aliphatic carbocycles. The van der Waals surface area contributed by atoms with Gasteiger partial charge in [0.1, 0.15) is 17.9 Å². The topological polar surface area (TPSA) is 87.0 Å². The highest BCUT2D eigenvalue weighted by molar-refractivity contribution is 5.80. The Kier molecular flexibility index (Phi) is 6.37. The van der Waals surface area contributed by atoms with E-state index in [-0.39, 0.29) is 5.92 Å². The molecule has 0 fully saturated rings. The van der Waals surface area contributed by atoms with Crippen LogP contribution in [0.25, 0.3) is 22.3 Å². The van der Waals surface area contributed by atoms with Crippen molar-refractivity contribution >= 4 is 16.9 Å². The summed E-state index contributed by atoms with van der Waals surface area (Å²) in [6, 6.07) is 12.1. The third kappa shape index (κ3) is 4.64. The summed E-state index contributed by atoms with van der Waals surface area (Å²) in [6.07, 6.45) is 5.20. The molecule has 0 aliphatic heterocycles. The van der Waals surface area contributed by atoms with Crippen LogP contribution in [-0.2, 0) is 11.3 Å². The molecule has 8 heteroatoms. The third-order valence-corrected chi connectivity index (χ3v) is 5.21. The highest BCUT2D eigenvalue weighted by atomic mass is 16.5. The number of hydrogen-bond acceptors (Lipinski definition) is 7. The van der Waals surface area contributed by atoms with E-state index in [1.54, 1.807) is 20.5 Å². The Morgan fingerprint density at radius 1 is 1.06 bits per heavy atom. The lowest BCUT2D eigenvalue weighted by molar-refractivity contribution is 0.184. The van der Waals surface area contributed by atoms with E-state index in [9.17, 15) is 0 Å². The number of para-hydroxylation sites is 1. The Morgan fingerprint density at radius 2 is 1.94 bits per heavy atom. The molecular weight excluding hydrogens is 392 g/mol. The fraction of sp³-hybridized carbons (Fsp3) is 0.304. The van der Waals surface area contributed by atoms with Crippen molar-refractivity contribution in [2.45, 2.75) is 19.4 Å². The van der Waals surface area contributed by atoms with Gasteiger partial charge >= 0.3 is 0 Å². The first-order chi connectivity index (χ1) is 15.2. The number of rotatable bonds is 9. The Balaban J connectivity index is 1.49. The SMILES string of the molecule is COCCn1ncc2cc(-c3cc(NC[C@@H](C)c4ccccc4OC)ncn3)cnc21. The molecule has 0 unspecified atom stereocenters. The minimum atomic E-state index is 0.255. The molecule has 0 amide bonds. The number of hydrogen-bond donors (Lipinski definition) is 1. The van der Waals surface area contributed by atoms with Crippen LogP contribution in [-0.4, -0.2) is 52.1 Å². The van der Waals surface area contributed by atoms with Gasteiger partial charge in [0.05, 0.1) is 32.2 Å². The average molecular weight is 419 g/mol. The maximum Gasteiger partial charge on any atom is 0.157 e. The lowest BCUT2D eigenvalue weighted by Crippen LogP contribution is -2.12. The molecule has 0 saturated heterocycles. The lowest BCUT2D eigenvalue weighted by Gasteiger charge is -2.16. The second-order valence-electron chi connectivity index (χ2n) is 7.31. The van der Waals surface area contributed by atoms with E-state index < -0.39 is 0 Å². The van der Waals surface area contributed by atoms with E-state index in [4.69, 9.17) is 9.47 Å². The van der Waals surface area contributed by atoms with Gasteiger partial charge in [0, 0.05) is 42.8 Å². The van der Waals surface area contributed by atoms with Gasteiger partial charge in [-0.1, -0.05) is 25.1 Å². The Morgan fingerprint density at radius 3 is 2.77 bits per heavy atom. The molecule has 1 N–H and O–H groups in total. The summed E-state index contributed by atoms with van der Waals surface area (Å²) in [4.78, 5) is 13.4. The molecule has 0 spiro atoms. The first-order valence-electron chi connectivity index (χ1n) is 10.2. The summed E-state index contributed by atoms with van der Waals surface area (Å²) in [5, 5.41) is 8.77. The van der Waals surface area contributed by atoms with Crippen LogP contribution in [0.1, 0.15) is 18.4 Å². The number of anilines is 1. The first kappa shape index (κ1) is 20.7. The maximum absolute atomic E-state index is 5.48. The summed E-state index contributed by atoms with van der Waals surface area (Å²) in [6.45, 7) is 4.14. The summed E-state index contributed by atoms with van der Waals surface area (Å²) < 4.78 is 12.5. The minimum absolute atomic E-state index is 0.255. The van der Waals surface area contributed by atoms with Gasteiger partial charge in [-0.3, -0.25) is 0 Å². The van der Waals surface area contributed by atoms with Crippen LogP contribution in [0.15, 0.2) is 55.1 Å². The second-order valence-corrected chi connectivity index (χ2v) is 7.31. The Hall–Kier alpha value is -3.52. The van der Waals surface area contributed by atoms with Crippen molar-refractivity contribution in [3.05, 3.63) is 60.7 Å². The molecule has 160 valence electrons. The van der Waals surface area contributed by atoms with Crippen molar-refractivity contribution in [1.29, 1.82) is 0 Å². The van der Waals surface area contributed by atoms with Gasteiger partial charge in [0.2, 0.25) is 0 Å². The van der Waals surface area contributed by atoms with Crippen LogP contribution in [0.2, 0.25) is 0 Å². The van der Waals surface area contributed by atoms with Gasteiger partial charge in [-0.25, -0.2) is 19.6 Å². The molecule has 1 atom stereocenters. The normalized spacial score (nSPS) is 12.1. The number of benzene rings is 1. The molecule has 0 bridgehead atoms. The van der Waals surface area contributed by atoms with Gasteiger partial charge in [-0.05, 0) is 17.7 Å². The van der Waals surface area contributed by atoms with E-state index in [1.165, 1.54) is 0 Å². The lowest BCUT2D eigenvalue weighted by atomic mass is 10.00. The maximum atomic E-state index is 5.48. The van der Waals surface area contributed by atoms with Gasteiger partial charge in [-0.2, -0.15) is 5.10 Å². The van der Waals surface area contributed by atoms with Crippen molar-refractivity contribution < 1.29 is 9.47 Å². The molecule has 4 aromatic rings. The summed E-state index contributed by atoms with van der Waals surface area (Å²) in [7, 11) is 3.37. The molecule has 3 aromatic heterocycles. The Bertz CT molecular complexity index is 1160. The smallest absolute Gasteiger partial charge is 0.157 e. The van der Waals surface area contributed by atoms with Gasteiger partial charge in [0.15, 0.2) is 5.65 Å². The molecular formula is C23H26N6O2. The molecule has 0 aliphatic rings. The Labute approximate surface area is 181 Å². The van der Waals surface area contributed by atoms with Crippen molar-refractivity contribution in [1.82, 2.24) is 24.7 Å². The highest BCUT2D eigenvalue weighted by Gasteiger charge is 2.12. The van der Waals surface area contributed by atoms with Crippen LogP contribution in [0.4, 0.5) is 5.82 Å². The molecule has 0 radical (unpaired) electrons. The number of ether oxygens (including phenoxy) is 2. The number of nitrogens with one attached hydrogen (secondary N) is 1. The number of pyridine rings is 1. The van der Waals surface area contributed by atoms with Gasteiger partial charge < -0.3 is 14.8 Å². The zero-order valence-electron chi connectivity index (χ0n) is 17.9. The number of aromatic nitrogens is 5. The largest absolute Gasteiger partial charge is 0.496 e. The van der Waals surface area contributed by atoms with E-state index in [0.29, 0.717) is 13.2 Å².